The quantitative estimate of drug-likeness (QED) is 0.841. The molecule has 5 heteroatoms. The highest BCUT2D eigenvalue weighted by atomic mass is 19.1. The first-order chi connectivity index (χ1) is 11.1. The van der Waals surface area contributed by atoms with E-state index >= 15 is 0 Å². The minimum absolute atomic E-state index is 0.0739. The fraction of sp³-hybridized carbons (Fsp3) is 0.556. The second-order valence-electron chi connectivity index (χ2n) is 6.67. The van der Waals surface area contributed by atoms with E-state index in [1.54, 1.807) is 4.90 Å². The van der Waals surface area contributed by atoms with Gasteiger partial charge in [-0.15, -0.1) is 0 Å². The molecule has 3 rings (SSSR count). The van der Waals surface area contributed by atoms with Gasteiger partial charge < -0.3 is 9.80 Å². The predicted molar refractivity (Wildman–Crippen MR) is 85.4 cm³/mol. The molecule has 0 saturated carbocycles. The largest absolute Gasteiger partial charge is 0.341 e. The van der Waals surface area contributed by atoms with Gasteiger partial charge in [-0.2, -0.15) is 0 Å². The van der Waals surface area contributed by atoms with Crippen molar-refractivity contribution < 1.29 is 14.0 Å². The van der Waals surface area contributed by atoms with Gasteiger partial charge in [0.1, 0.15) is 11.9 Å². The highest BCUT2D eigenvalue weighted by molar-refractivity contribution is 5.98. The van der Waals surface area contributed by atoms with Crippen LogP contribution in [0.3, 0.4) is 0 Å². The first-order valence-corrected chi connectivity index (χ1v) is 8.41. The van der Waals surface area contributed by atoms with Crippen LogP contribution < -0.4 is 0 Å². The lowest BCUT2D eigenvalue weighted by Gasteiger charge is -2.34. The van der Waals surface area contributed by atoms with Crippen molar-refractivity contribution in [3.63, 3.8) is 0 Å². The number of piperidine rings is 1. The van der Waals surface area contributed by atoms with Crippen molar-refractivity contribution in [3.8, 4) is 0 Å². The first-order valence-electron chi connectivity index (χ1n) is 8.41. The molecule has 0 spiro atoms. The van der Waals surface area contributed by atoms with Crippen LogP contribution in [-0.4, -0.2) is 47.3 Å². The number of halogens is 1. The monoisotopic (exact) mass is 318 g/mol. The van der Waals surface area contributed by atoms with E-state index in [1.807, 2.05) is 4.90 Å². The smallest absolute Gasteiger partial charge is 0.254 e. The Labute approximate surface area is 136 Å². The fourth-order valence-corrected chi connectivity index (χ4v) is 3.46. The summed E-state index contributed by atoms with van der Waals surface area (Å²) in [6, 6.07) is 5.18. The summed E-state index contributed by atoms with van der Waals surface area (Å²) in [7, 11) is 0. The Hall–Kier alpha value is -1.91. The molecule has 2 heterocycles. The Morgan fingerprint density at radius 1 is 1.04 bits per heavy atom. The summed E-state index contributed by atoms with van der Waals surface area (Å²) >= 11 is 0. The summed E-state index contributed by atoms with van der Waals surface area (Å²) in [4.78, 5) is 29.0. The Morgan fingerprint density at radius 2 is 1.70 bits per heavy atom. The summed E-state index contributed by atoms with van der Waals surface area (Å²) in [6.45, 7) is 4.38. The Balaban J connectivity index is 1.70. The first kappa shape index (κ1) is 16.0. The molecule has 1 aromatic rings. The molecular weight excluding hydrogens is 295 g/mol. The van der Waals surface area contributed by atoms with Gasteiger partial charge in [0.25, 0.3) is 5.91 Å². The number of amides is 2. The van der Waals surface area contributed by atoms with Gasteiger partial charge in [0, 0.05) is 25.2 Å². The minimum Gasteiger partial charge on any atom is -0.341 e. The molecule has 4 nitrogen and oxygen atoms in total. The maximum atomic E-state index is 13.0. The number of carbonyl (C=O) groups excluding carboxylic acids is 2. The van der Waals surface area contributed by atoms with Gasteiger partial charge in [0.2, 0.25) is 5.91 Å². The molecular formula is C18H23FN2O2. The van der Waals surface area contributed by atoms with Gasteiger partial charge in [-0.25, -0.2) is 4.39 Å². The summed E-state index contributed by atoms with van der Waals surface area (Å²) in [6.07, 6.45) is 3.63. The third kappa shape index (κ3) is 3.38. The maximum Gasteiger partial charge on any atom is 0.254 e. The molecule has 23 heavy (non-hydrogen) atoms. The van der Waals surface area contributed by atoms with Crippen LogP contribution in [-0.2, 0) is 4.79 Å². The lowest BCUT2D eigenvalue weighted by Crippen LogP contribution is -2.49. The summed E-state index contributed by atoms with van der Waals surface area (Å²) in [5.41, 5.74) is 0.443. The van der Waals surface area contributed by atoms with Gasteiger partial charge >= 0.3 is 0 Å². The van der Waals surface area contributed by atoms with Crippen LogP contribution in [0.4, 0.5) is 4.39 Å². The molecule has 0 aromatic heterocycles. The summed E-state index contributed by atoms with van der Waals surface area (Å²) in [5, 5.41) is 0. The Bertz CT molecular complexity index is 579. The van der Waals surface area contributed by atoms with Crippen LogP contribution in [0.1, 0.15) is 43.0 Å². The molecule has 2 saturated heterocycles. The van der Waals surface area contributed by atoms with E-state index in [0.29, 0.717) is 18.0 Å². The van der Waals surface area contributed by atoms with Gasteiger partial charge in [-0.3, -0.25) is 9.59 Å². The third-order valence-electron chi connectivity index (χ3n) is 4.99. The van der Waals surface area contributed by atoms with Crippen LogP contribution in [0.5, 0.6) is 0 Å². The second-order valence-corrected chi connectivity index (χ2v) is 6.67. The molecule has 0 radical (unpaired) electrons. The zero-order valence-corrected chi connectivity index (χ0v) is 13.5. The number of carbonyl (C=O) groups is 2. The van der Waals surface area contributed by atoms with Crippen LogP contribution in [0.25, 0.3) is 0 Å². The average molecular weight is 318 g/mol. The van der Waals surface area contributed by atoms with Crippen molar-refractivity contribution in [1.29, 1.82) is 0 Å². The molecule has 124 valence electrons. The topological polar surface area (TPSA) is 40.6 Å². The molecule has 2 aliphatic rings. The number of hydrogen-bond acceptors (Lipinski definition) is 2. The van der Waals surface area contributed by atoms with Crippen molar-refractivity contribution in [2.24, 2.45) is 5.92 Å². The molecule has 0 unspecified atom stereocenters. The Morgan fingerprint density at radius 3 is 2.35 bits per heavy atom. The highest BCUT2D eigenvalue weighted by Gasteiger charge is 2.37. The van der Waals surface area contributed by atoms with Crippen molar-refractivity contribution >= 4 is 11.8 Å². The number of likely N-dealkylation sites (tertiary alicyclic amines) is 2. The molecule has 0 aliphatic carbocycles. The molecule has 2 amide bonds. The van der Waals surface area contributed by atoms with Gasteiger partial charge in [-0.05, 0) is 55.9 Å². The minimum atomic E-state index is -0.363. The Kier molecular flexibility index (Phi) is 4.64. The van der Waals surface area contributed by atoms with E-state index in [-0.39, 0.29) is 23.7 Å². The molecule has 2 fully saturated rings. The number of nitrogens with zero attached hydrogens (tertiary/aromatic N) is 2. The number of hydrogen-bond donors (Lipinski definition) is 0. The normalized spacial score (nSPS) is 22.4. The molecule has 0 bridgehead atoms. The number of rotatable bonds is 2. The van der Waals surface area contributed by atoms with Crippen molar-refractivity contribution in [2.75, 3.05) is 19.6 Å². The van der Waals surface area contributed by atoms with Crippen molar-refractivity contribution in [2.45, 2.75) is 38.6 Å². The van der Waals surface area contributed by atoms with E-state index in [0.717, 1.165) is 38.8 Å². The van der Waals surface area contributed by atoms with Gasteiger partial charge in [-0.1, -0.05) is 6.92 Å². The van der Waals surface area contributed by atoms with Gasteiger partial charge in [0.05, 0.1) is 0 Å². The molecule has 1 aromatic carbocycles. The predicted octanol–water partition coefficient (Wildman–Crippen LogP) is 2.69. The van der Waals surface area contributed by atoms with Crippen molar-refractivity contribution in [1.82, 2.24) is 9.80 Å². The zero-order valence-electron chi connectivity index (χ0n) is 13.5. The van der Waals surface area contributed by atoms with E-state index in [1.165, 1.54) is 24.3 Å². The van der Waals surface area contributed by atoms with Crippen molar-refractivity contribution in [3.05, 3.63) is 35.6 Å². The molecule has 2 aliphatic heterocycles. The maximum absolute atomic E-state index is 13.0. The lowest BCUT2D eigenvalue weighted by atomic mass is 9.98. The molecule has 1 atom stereocenters. The summed E-state index contributed by atoms with van der Waals surface area (Å²) in [5.74, 6) is 0.203. The average Bonchev–Trinajstić information content (AvgIpc) is 3.04. The molecule has 0 N–H and O–H groups in total. The van der Waals surface area contributed by atoms with Crippen LogP contribution in [0.15, 0.2) is 24.3 Å². The number of benzene rings is 1. The zero-order chi connectivity index (χ0) is 16.4. The van der Waals surface area contributed by atoms with Crippen LogP contribution in [0, 0.1) is 11.7 Å². The lowest BCUT2D eigenvalue weighted by molar-refractivity contribution is -0.136. The van der Waals surface area contributed by atoms with E-state index < -0.39 is 0 Å². The highest BCUT2D eigenvalue weighted by Crippen LogP contribution is 2.24. The van der Waals surface area contributed by atoms with Crippen LogP contribution >= 0.6 is 0 Å². The van der Waals surface area contributed by atoms with E-state index in [2.05, 4.69) is 6.92 Å². The SMILES string of the molecule is CC1CCN(C(=O)[C@@H]2CCCN2C(=O)c2ccc(F)cc2)CC1. The van der Waals surface area contributed by atoms with E-state index in [9.17, 15) is 14.0 Å². The van der Waals surface area contributed by atoms with Gasteiger partial charge in [0.15, 0.2) is 0 Å². The standard InChI is InChI=1S/C18H23FN2O2/c1-13-8-11-20(12-9-13)18(23)16-3-2-10-21(16)17(22)14-4-6-15(19)7-5-14/h4-7,13,16H,2-3,8-12H2,1H3/t16-/m0/s1. The second kappa shape index (κ2) is 6.69. The summed E-state index contributed by atoms with van der Waals surface area (Å²) < 4.78 is 13.0. The fourth-order valence-electron chi connectivity index (χ4n) is 3.46. The third-order valence-corrected chi connectivity index (χ3v) is 4.99. The van der Waals surface area contributed by atoms with Crippen LogP contribution in [0.2, 0.25) is 0 Å². The van der Waals surface area contributed by atoms with E-state index in [4.69, 9.17) is 0 Å².